The molecule has 12 heavy (non-hydrogen) atoms. The zero-order valence-corrected chi connectivity index (χ0v) is 9.21. The normalized spacial score (nSPS) is 30.7. The molecule has 1 aliphatic heterocycles. The summed E-state index contributed by atoms with van der Waals surface area (Å²) in [6.45, 7) is 0.859. The Hall–Kier alpha value is -0.683. The van der Waals surface area contributed by atoms with Crippen LogP contribution in [0, 0.1) is 0 Å². The summed E-state index contributed by atoms with van der Waals surface area (Å²) in [4.78, 5) is 4.15. The fourth-order valence-electron chi connectivity index (χ4n) is 1.57. The van der Waals surface area contributed by atoms with E-state index in [0.29, 0.717) is 0 Å². The van der Waals surface area contributed by atoms with Gasteiger partial charge in [-0.25, -0.2) is 4.98 Å². The van der Waals surface area contributed by atoms with E-state index in [1.807, 2.05) is 0 Å². The molecule has 1 saturated heterocycles. The number of aromatic nitrogens is 3. The third-order valence-electron chi connectivity index (χ3n) is 2.36. The van der Waals surface area contributed by atoms with Gasteiger partial charge >= 0.3 is 0 Å². The SMILES string of the molecule is [SiH3]C1(c2nc[nH]n2)CCCCO1. The van der Waals surface area contributed by atoms with Crippen LogP contribution in [-0.4, -0.2) is 32.0 Å². The summed E-state index contributed by atoms with van der Waals surface area (Å²) in [5.74, 6) is 0.842. The highest BCUT2D eigenvalue weighted by atomic mass is 28.1. The van der Waals surface area contributed by atoms with E-state index in [1.54, 1.807) is 6.33 Å². The predicted octanol–water partition coefficient (Wildman–Crippen LogP) is -0.477. The lowest BCUT2D eigenvalue weighted by Gasteiger charge is -2.31. The van der Waals surface area contributed by atoms with Crippen molar-refractivity contribution in [3.63, 3.8) is 0 Å². The fourth-order valence-corrected chi connectivity index (χ4v) is 2.37. The maximum absolute atomic E-state index is 5.73. The van der Waals surface area contributed by atoms with Gasteiger partial charge in [-0.1, -0.05) is 0 Å². The second-order valence-electron chi connectivity index (χ2n) is 3.36. The van der Waals surface area contributed by atoms with Crippen LogP contribution in [-0.2, 0) is 9.96 Å². The first kappa shape index (κ1) is 7.94. The molecule has 0 aliphatic carbocycles. The van der Waals surface area contributed by atoms with Crippen molar-refractivity contribution < 1.29 is 4.74 Å². The zero-order chi connectivity index (χ0) is 8.44. The van der Waals surface area contributed by atoms with Crippen molar-refractivity contribution in [3.8, 4) is 0 Å². The van der Waals surface area contributed by atoms with Gasteiger partial charge in [-0.2, -0.15) is 5.10 Å². The van der Waals surface area contributed by atoms with Gasteiger partial charge in [-0.15, -0.1) is 0 Å². The Morgan fingerprint density at radius 1 is 1.58 bits per heavy atom. The maximum atomic E-state index is 5.73. The van der Waals surface area contributed by atoms with Crippen molar-refractivity contribution in [3.05, 3.63) is 12.2 Å². The number of rotatable bonds is 1. The smallest absolute Gasteiger partial charge is 0.177 e. The molecule has 4 nitrogen and oxygen atoms in total. The van der Waals surface area contributed by atoms with Gasteiger partial charge in [0.15, 0.2) is 5.82 Å². The Morgan fingerprint density at radius 2 is 2.50 bits per heavy atom. The molecule has 1 atom stereocenters. The number of ether oxygens (including phenoxy) is 1. The highest BCUT2D eigenvalue weighted by Crippen LogP contribution is 2.28. The highest BCUT2D eigenvalue weighted by Gasteiger charge is 2.32. The van der Waals surface area contributed by atoms with Crippen LogP contribution < -0.4 is 0 Å². The molecule has 1 N–H and O–H groups in total. The first-order valence-electron chi connectivity index (χ1n) is 4.31. The van der Waals surface area contributed by atoms with Crippen LogP contribution in [0.1, 0.15) is 25.1 Å². The first-order chi connectivity index (χ1) is 5.81. The van der Waals surface area contributed by atoms with Crippen LogP contribution in [0.5, 0.6) is 0 Å². The molecule has 1 aliphatic rings. The van der Waals surface area contributed by atoms with Crippen molar-refractivity contribution in [1.29, 1.82) is 0 Å². The van der Waals surface area contributed by atoms with E-state index in [0.717, 1.165) is 29.1 Å². The quantitative estimate of drug-likeness (QED) is 0.599. The average molecular weight is 183 g/mol. The van der Waals surface area contributed by atoms with E-state index >= 15 is 0 Å². The number of hydrogen-bond donors (Lipinski definition) is 1. The van der Waals surface area contributed by atoms with E-state index in [1.165, 1.54) is 12.8 Å². The molecule has 1 unspecified atom stereocenters. The maximum Gasteiger partial charge on any atom is 0.177 e. The fraction of sp³-hybridized carbons (Fsp3) is 0.714. The summed E-state index contributed by atoms with van der Waals surface area (Å²) in [5, 5.41) is 6.71. The summed E-state index contributed by atoms with van der Waals surface area (Å²) in [6, 6.07) is 0. The van der Waals surface area contributed by atoms with Gasteiger partial charge in [0.25, 0.3) is 0 Å². The molecule has 0 saturated carbocycles. The Balaban J connectivity index is 2.19. The van der Waals surface area contributed by atoms with Crippen molar-refractivity contribution >= 4 is 10.2 Å². The van der Waals surface area contributed by atoms with Gasteiger partial charge < -0.3 is 4.74 Å². The molecule has 2 heterocycles. The lowest BCUT2D eigenvalue weighted by atomic mass is 10.1. The molecule has 0 spiro atoms. The second-order valence-corrected chi connectivity index (χ2v) is 4.97. The van der Waals surface area contributed by atoms with E-state index in [9.17, 15) is 0 Å². The van der Waals surface area contributed by atoms with E-state index in [2.05, 4.69) is 15.2 Å². The molecule has 0 bridgehead atoms. The molecule has 66 valence electrons. The van der Waals surface area contributed by atoms with E-state index in [4.69, 9.17) is 4.74 Å². The van der Waals surface area contributed by atoms with Crippen LogP contribution >= 0.6 is 0 Å². The van der Waals surface area contributed by atoms with Crippen LogP contribution in [0.2, 0.25) is 0 Å². The molecule has 1 fully saturated rings. The minimum atomic E-state index is -0.113. The van der Waals surface area contributed by atoms with Crippen molar-refractivity contribution in [2.75, 3.05) is 6.61 Å². The third kappa shape index (κ3) is 1.29. The van der Waals surface area contributed by atoms with Gasteiger partial charge in [0.1, 0.15) is 11.6 Å². The monoisotopic (exact) mass is 183 g/mol. The van der Waals surface area contributed by atoms with Gasteiger partial charge in [0.2, 0.25) is 0 Å². The molecule has 0 aromatic carbocycles. The van der Waals surface area contributed by atoms with Gasteiger partial charge in [-0.05, 0) is 19.3 Å². The Kier molecular flexibility index (Phi) is 1.98. The number of aromatic amines is 1. The molecule has 1 aromatic rings. The zero-order valence-electron chi connectivity index (χ0n) is 7.21. The lowest BCUT2D eigenvalue weighted by molar-refractivity contribution is -0.0265. The van der Waals surface area contributed by atoms with Crippen LogP contribution in [0.4, 0.5) is 0 Å². The minimum Gasteiger partial charge on any atom is -0.372 e. The number of nitrogens with zero attached hydrogens (tertiary/aromatic N) is 2. The largest absolute Gasteiger partial charge is 0.372 e. The van der Waals surface area contributed by atoms with Crippen LogP contribution in [0.3, 0.4) is 0 Å². The van der Waals surface area contributed by atoms with Crippen LogP contribution in [0.15, 0.2) is 6.33 Å². The number of hydrogen-bond acceptors (Lipinski definition) is 3. The summed E-state index contributed by atoms with van der Waals surface area (Å²) in [5.41, 5.74) is 0. The summed E-state index contributed by atoms with van der Waals surface area (Å²) in [7, 11) is 0.966. The Morgan fingerprint density at radius 3 is 3.08 bits per heavy atom. The molecule has 5 heteroatoms. The average Bonchev–Trinajstić information content (AvgIpc) is 2.58. The molecular weight excluding hydrogens is 170 g/mol. The minimum absolute atomic E-state index is 0.113. The summed E-state index contributed by atoms with van der Waals surface area (Å²) < 4.78 is 5.73. The molecule has 0 amide bonds. The topological polar surface area (TPSA) is 50.8 Å². The Bertz CT molecular complexity index is 243. The lowest BCUT2D eigenvalue weighted by Crippen LogP contribution is -2.35. The molecule has 2 rings (SSSR count). The van der Waals surface area contributed by atoms with Crippen molar-refractivity contribution in [2.45, 2.75) is 24.5 Å². The third-order valence-corrected chi connectivity index (χ3v) is 3.59. The standard InChI is InChI=1S/C7H13N3OSi/c12-7(3-1-2-4-11-7)6-8-5-9-10-6/h5H,1-4H2,12H3,(H,8,9,10). The van der Waals surface area contributed by atoms with Gasteiger partial charge in [0, 0.05) is 6.61 Å². The second kappa shape index (κ2) is 2.99. The first-order valence-corrected chi connectivity index (χ1v) is 5.31. The van der Waals surface area contributed by atoms with Crippen molar-refractivity contribution in [2.24, 2.45) is 0 Å². The summed E-state index contributed by atoms with van der Waals surface area (Å²) >= 11 is 0. The highest BCUT2D eigenvalue weighted by molar-refractivity contribution is 6.14. The van der Waals surface area contributed by atoms with Gasteiger partial charge in [0.05, 0.1) is 10.2 Å². The van der Waals surface area contributed by atoms with Crippen LogP contribution in [0.25, 0.3) is 0 Å². The van der Waals surface area contributed by atoms with Gasteiger partial charge in [-0.3, -0.25) is 5.10 Å². The summed E-state index contributed by atoms with van der Waals surface area (Å²) in [6.07, 6.45) is 5.11. The van der Waals surface area contributed by atoms with E-state index < -0.39 is 0 Å². The number of H-pyrrole nitrogens is 1. The molecular formula is C7H13N3OSi. The number of nitrogens with one attached hydrogen (secondary N) is 1. The van der Waals surface area contributed by atoms with E-state index in [-0.39, 0.29) is 5.22 Å². The molecule has 1 aromatic heterocycles. The predicted molar refractivity (Wildman–Crippen MR) is 47.8 cm³/mol. The Labute approximate surface area is 74.2 Å². The molecule has 0 radical (unpaired) electrons. The van der Waals surface area contributed by atoms with Crippen molar-refractivity contribution in [1.82, 2.24) is 15.2 Å².